The summed E-state index contributed by atoms with van der Waals surface area (Å²) in [5.74, 6) is 0.439. The average Bonchev–Trinajstić information content (AvgIpc) is 2.74. The summed E-state index contributed by atoms with van der Waals surface area (Å²) in [5, 5.41) is 3.66. The van der Waals surface area contributed by atoms with Crippen molar-refractivity contribution in [2.75, 3.05) is 33.5 Å². The van der Waals surface area contributed by atoms with Gasteiger partial charge >= 0.3 is 0 Å². The second-order valence-electron chi connectivity index (χ2n) is 6.67. The normalized spacial score (nSPS) is 15.8. The lowest BCUT2D eigenvalue weighted by molar-refractivity contribution is -0.130. The lowest BCUT2D eigenvalue weighted by Gasteiger charge is -2.36. The SMILES string of the molecule is COCCOc1ncccc1CNC(=O)C1(c2ccccc2Cl)CCOCC1. The number of halogens is 1. The number of ether oxygens (including phenoxy) is 3. The Morgan fingerprint density at radius 2 is 2.00 bits per heavy atom. The molecule has 1 fully saturated rings. The molecule has 0 aliphatic carbocycles. The zero-order chi connectivity index (χ0) is 19.8. The number of nitrogens with zero attached hydrogens (tertiary/aromatic N) is 1. The summed E-state index contributed by atoms with van der Waals surface area (Å²) in [4.78, 5) is 17.6. The van der Waals surface area contributed by atoms with Crippen LogP contribution in [0.25, 0.3) is 0 Å². The molecule has 1 aromatic heterocycles. The van der Waals surface area contributed by atoms with Gasteiger partial charge in [-0.1, -0.05) is 35.9 Å². The molecule has 1 aliphatic heterocycles. The van der Waals surface area contributed by atoms with E-state index in [1.807, 2.05) is 36.4 Å². The molecule has 1 saturated heterocycles. The topological polar surface area (TPSA) is 69.7 Å². The minimum absolute atomic E-state index is 0.0596. The third-order valence-electron chi connectivity index (χ3n) is 4.99. The number of hydrogen-bond acceptors (Lipinski definition) is 5. The second kappa shape index (κ2) is 9.87. The van der Waals surface area contributed by atoms with Gasteiger partial charge in [-0.3, -0.25) is 4.79 Å². The molecule has 0 radical (unpaired) electrons. The number of aromatic nitrogens is 1. The predicted molar refractivity (Wildman–Crippen MR) is 107 cm³/mol. The molecule has 150 valence electrons. The van der Waals surface area contributed by atoms with E-state index in [0.29, 0.717) is 56.7 Å². The van der Waals surface area contributed by atoms with E-state index < -0.39 is 5.41 Å². The van der Waals surface area contributed by atoms with Crippen molar-refractivity contribution in [3.63, 3.8) is 0 Å². The van der Waals surface area contributed by atoms with E-state index in [-0.39, 0.29) is 5.91 Å². The van der Waals surface area contributed by atoms with Gasteiger partial charge in [0.15, 0.2) is 0 Å². The van der Waals surface area contributed by atoms with Crippen LogP contribution in [0.3, 0.4) is 0 Å². The van der Waals surface area contributed by atoms with E-state index in [9.17, 15) is 4.79 Å². The van der Waals surface area contributed by atoms with Crippen molar-refractivity contribution in [2.45, 2.75) is 24.8 Å². The fraction of sp³-hybridized carbons (Fsp3) is 0.429. The molecule has 0 spiro atoms. The van der Waals surface area contributed by atoms with Crippen LogP contribution in [0.2, 0.25) is 5.02 Å². The van der Waals surface area contributed by atoms with Crippen molar-refractivity contribution in [3.05, 3.63) is 58.7 Å². The molecule has 0 atom stereocenters. The van der Waals surface area contributed by atoms with E-state index in [0.717, 1.165) is 11.1 Å². The highest BCUT2D eigenvalue weighted by Gasteiger charge is 2.42. The van der Waals surface area contributed by atoms with Gasteiger partial charge in [0.2, 0.25) is 11.8 Å². The Balaban J connectivity index is 1.76. The summed E-state index contributed by atoms with van der Waals surface area (Å²) in [6.45, 7) is 2.24. The van der Waals surface area contributed by atoms with Crippen LogP contribution in [-0.4, -0.2) is 44.4 Å². The largest absolute Gasteiger partial charge is 0.475 e. The zero-order valence-corrected chi connectivity index (χ0v) is 16.7. The first-order chi connectivity index (χ1) is 13.7. The fourth-order valence-corrected chi connectivity index (χ4v) is 3.76. The van der Waals surface area contributed by atoms with Crippen molar-refractivity contribution in [1.82, 2.24) is 10.3 Å². The van der Waals surface area contributed by atoms with Crippen LogP contribution in [0.4, 0.5) is 0 Å². The van der Waals surface area contributed by atoms with Gasteiger partial charge in [0.05, 0.1) is 12.0 Å². The molecular weight excluding hydrogens is 380 g/mol. The lowest BCUT2D eigenvalue weighted by atomic mass is 9.73. The minimum Gasteiger partial charge on any atom is -0.475 e. The van der Waals surface area contributed by atoms with Crippen LogP contribution < -0.4 is 10.1 Å². The summed E-state index contributed by atoms with van der Waals surface area (Å²) in [5.41, 5.74) is 0.962. The van der Waals surface area contributed by atoms with Crippen molar-refractivity contribution < 1.29 is 19.0 Å². The number of benzene rings is 1. The molecule has 3 rings (SSSR count). The van der Waals surface area contributed by atoms with Crippen LogP contribution in [0.15, 0.2) is 42.6 Å². The Morgan fingerprint density at radius 1 is 1.21 bits per heavy atom. The zero-order valence-electron chi connectivity index (χ0n) is 15.9. The standard InChI is InChI=1S/C21H25ClN2O4/c1-26-13-14-28-19-16(5-4-10-23-19)15-24-20(25)21(8-11-27-12-9-21)17-6-2-3-7-18(17)22/h2-7,10H,8-9,11-15H2,1H3,(H,24,25). The summed E-state index contributed by atoms with van der Waals surface area (Å²) >= 11 is 6.44. The first-order valence-electron chi connectivity index (χ1n) is 9.34. The molecule has 1 N–H and O–H groups in total. The maximum Gasteiger partial charge on any atom is 0.231 e. The predicted octanol–water partition coefficient (Wildman–Crippen LogP) is 3.12. The molecule has 7 heteroatoms. The Labute approximate surface area is 170 Å². The van der Waals surface area contributed by atoms with E-state index in [2.05, 4.69) is 10.3 Å². The average molecular weight is 405 g/mol. The van der Waals surface area contributed by atoms with Crippen molar-refractivity contribution in [3.8, 4) is 5.88 Å². The monoisotopic (exact) mass is 404 g/mol. The molecule has 2 aromatic rings. The maximum atomic E-state index is 13.3. The number of rotatable bonds is 8. The van der Waals surface area contributed by atoms with E-state index in [1.165, 1.54) is 0 Å². The van der Waals surface area contributed by atoms with Gasteiger partial charge in [0.1, 0.15) is 6.61 Å². The molecule has 6 nitrogen and oxygen atoms in total. The lowest BCUT2D eigenvalue weighted by Crippen LogP contribution is -2.48. The third-order valence-corrected chi connectivity index (χ3v) is 5.32. The number of amides is 1. The Morgan fingerprint density at radius 3 is 2.75 bits per heavy atom. The fourth-order valence-electron chi connectivity index (χ4n) is 3.44. The number of carbonyl (C=O) groups is 1. The van der Waals surface area contributed by atoms with Crippen LogP contribution >= 0.6 is 11.6 Å². The van der Waals surface area contributed by atoms with Gasteiger partial charge in [-0.15, -0.1) is 0 Å². The number of nitrogens with one attached hydrogen (secondary N) is 1. The molecular formula is C21H25ClN2O4. The van der Waals surface area contributed by atoms with Crippen molar-refractivity contribution >= 4 is 17.5 Å². The Bertz CT molecular complexity index is 793. The van der Waals surface area contributed by atoms with Crippen LogP contribution in [0, 0.1) is 0 Å². The molecule has 1 aliphatic rings. The summed E-state index contributed by atoms with van der Waals surface area (Å²) in [6.07, 6.45) is 2.84. The summed E-state index contributed by atoms with van der Waals surface area (Å²) in [7, 11) is 1.62. The molecule has 1 aromatic carbocycles. The highest BCUT2D eigenvalue weighted by molar-refractivity contribution is 6.31. The van der Waals surface area contributed by atoms with Crippen molar-refractivity contribution in [1.29, 1.82) is 0 Å². The molecule has 0 bridgehead atoms. The van der Waals surface area contributed by atoms with Crippen LogP contribution in [0.5, 0.6) is 5.88 Å². The first-order valence-corrected chi connectivity index (χ1v) is 9.72. The third kappa shape index (κ3) is 4.63. The van der Waals surface area contributed by atoms with Gasteiger partial charge < -0.3 is 19.5 Å². The van der Waals surface area contributed by atoms with Gasteiger partial charge in [-0.05, 0) is 30.5 Å². The van der Waals surface area contributed by atoms with Crippen LogP contribution in [0.1, 0.15) is 24.0 Å². The van der Waals surface area contributed by atoms with Gasteiger partial charge in [-0.25, -0.2) is 4.98 Å². The molecule has 0 saturated carbocycles. The summed E-state index contributed by atoms with van der Waals surface area (Å²) in [6, 6.07) is 11.2. The first kappa shape index (κ1) is 20.6. The van der Waals surface area contributed by atoms with E-state index in [1.54, 1.807) is 13.3 Å². The Kier molecular flexibility index (Phi) is 7.25. The highest BCUT2D eigenvalue weighted by atomic mass is 35.5. The van der Waals surface area contributed by atoms with Crippen molar-refractivity contribution in [2.24, 2.45) is 0 Å². The van der Waals surface area contributed by atoms with Gasteiger partial charge in [0, 0.05) is 43.7 Å². The quantitative estimate of drug-likeness (QED) is 0.684. The maximum absolute atomic E-state index is 13.3. The number of methoxy groups -OCH3 is 1. The van der Waals surface area contributed by atoms with E-state index in [4.69, 9.17) is 25.8 Å². The van der Waals surface area contributed by atoms with Gasteiger partial charge in [-0.2, -0.15) is 0 Å². The number of hydrogen-bond donors (Lipinski definition) is 1. The second-order valence-corrected chi connectivity index (χ2v) is 7.07. The minimum atomic E-state index is -0.699. The molecule has 2 heterocycles. The van der Waals surface area contributed by atoms with Gasteiger partial charge in [0.25, 0.3) is 0 Å². The molecule has 28 heavy (non-hydrogen) atoms. The molecule has 0 unspecified atom stereocenters. The highest BCUT2D eigenvalue weighted by Crippen LogP contribution is 2.39. The summed E-state index contributed by atoms with van der Waals surface area (Å²) < 4.78 is 16.2. The van der Waals surface area contributed by atoms with Crippen LogP contribution in [-0.2, 0) is 26.2 Å². The number of carbonyl (C=O) groups excluding carboxylic acids is 1. The molecule has 1 amide bonds. The Hall–Kier alpha value is -2.15. The van der Waals surface area contributed by atoms with E-state index >= 15 is 0 Å². The number of pyridine rings is 1. The smallest absolute Gasteiger partial charge is 0.231 e.